The number of pyridine rings is 1. The van der Waals surface area contributed by atoms with Crippen LogP contribution in [0.25, 0.3) is 76.6 Å². The molecule has 44 heavy (non-hydrogen) atoms. The van der Waals surface area contributed by atoms with Crippen LogP contribution in [-0.2, 0) is 0 Å². The Morgan fingerprint density at radius 1 is 0.409 bits per heavy atom. The monoisotopic (exact) mass is 566 g/mol. The van der Waals surface area contributed by atoms with E-state index in [1.165, 1.54) is 0 Å². The van der Waals surface area contributed by atoms with Gasteiger partial charge >= 0.3 is 0 Å². The Hall–Kier alpha value is -6.07. The predicted octanol–water partition coefficient (Wildman–Crippen LogP) is 11.4. The summed E-state index contributed by atoms with van der Waals surface area (Å²) in [5, 5.41) is 8.60. The molecule has 206 valence electrons. The molecule has 4 aromatic heterocycles. The molecule has 0 aliphatic heterocycles. The van der Waals surface area contributed by atoms with E-state index < -0.39 is 0 Å². The number of anilines is 3. The third kappa shape index (κ3) is 3.32. The Morgan fingerprint density at radius 3 is 1.84 bits per heavy atom. The molecule has 0 aliphatic carbocycles. The second-order valence-electron chi connectivity index (χ2n) is 11.2. The zero-order valence-electron chi connectivity index (χ0n) is 23.3. The summed E-state index contributed by atoms with van der Waals surface area (Å²) in [6.45, 7) is 0. The van der Waals surface area contributed by atoms with Crippen LogP contribution in [0.3, 0.4) is 0 Å². The molecule has 0 amide bonds. The molecule has 0 aliphatic rings. The van der Waals surface area contributed by atoms with Gasteiger partial charge in [-0.05, 0) is 65.4 Å². The fraction of sp³-hybridized carbons (Fsp3) is 0. The van der Waals surface area contributed by atoms with E-state index in [1.54, 1.807) is 0 Å². The topological polar surface area (TPSA) is 55.6 Å². The van der Waals surface area contributed by atoms with Gasteiger partial charge in [0.1, 0.15) is 33.6 Å². The van der Waals surface area contributed by atoms with Crippen molar-refractivity contribution < 1.29 is 13.3 Å². The zero-order chi connectivity index (χ0) is 28.8. The first-order valence-corrected chi connectivity index (χ1v) is 14.6. The highest BCUT2D eigenvalue weighted by Crippen LogP contribution is 2.45. The van der Waals surface area contributed by atoms with Crippen LogP contribution >= 0.6 is 0 Å². The largest absolute Gasteiger partial charge is 0.456 e. The molecule has 5 heteroatoms. The number of benzene rings is 6. The second kappa shape index (κ2) is 8.72. The molecule has 0 bridgehead atoms. The van der Waals surface area contributed by atoms with Gasteiger partial charge < -0.3 is 18.2 Å². The number of fused-ring (bicyclic) bond motifs is 10. The van der Waals surface area contributed by atoms with Gasteiger partial charge in [-0.15, -0.1) is 0 Å². The molecule has 0 fully saturated rings. The van der Waals surface area contributed by atoms with E-state index in [0.717, 1.165) is 93.7 Å². The van der Waals surface area contributed by atoms with Gasteiger partial charge in [0.15, 0.2) is 5.58 Å². The van der Waals surface area contributed by atoms with Crippen molar-refractivity contribution in [1.29, 1.82) is 0 Å². The number of rotatable bonds is 3. The lowest BCUT2D eigenvalue weighted by Crippen LogP contribution is -2.10. The number of furan rings is 3. The normalized spacial score (nSPS) is 12.1. The van der Waals surface area contributed by atoms with Crippen LogP contribution in [-0.4, -0.2) is 4.98 Å². The van der Waals surface area contributed by atoms with Gasteiger partial charge in [0.2, 0.25) is 0 Å². The third-order valence-corrected chi connectivity index (χ3v) is 8.71. The summed E-state index contributed by atoms with van der Waals surface area (Å²) in [6.07, 6.45) is 3.78. The molecule has 0 radical (unpaired) electrons. The fourth-order valence-corrected chi connectivity index (χ4v) is 6.65. The summed E-state index contributed by atoms with van der Waals surface area (Å²) in [4.78, 5) is 6.94. The van der Waals surface area contributed by atoms with Crippen LogP contribution in [0.4, 0.5) is 17.1 Å². The quantitative estimate of drug-likeness (QED) is 0.213. The first-order chi connectivity index (χ1) is 21.8. The predicted molar refractivity (Wildman–Crippen MR) is 178 cm³/mol. The van der Waals surface area contributed by atoms with E-state index >= 15 is 0 Å². The third-order valence-electron chi connectivity index (χ3n) is 8.71. The SMILES string of the molecule is c1ccc2cc3c(cc2c1)oc1c(N(c2ccc4c(c2)oc2ccccc24)c2ccc4oc5ccccc5c4c2)cncc13. The minimum Gasteiger partial charge on any atom is -0.456 e. The maximum atomic E-state index is 6.67. The minimum atomic E-state index is 0.771. The van der Waals surface area contributed by atoms with Crippen LogP contribution in [0, 0.1) is 0 Å². The Labute approximate surface area is 250 Å². The van der Waals surface area contributed by atoms with Gasteiger partial charge in [-0.3, -0.25) is 4.98 Å². The molecule has 0 saturated heterocycles. The first-order valence-electron chi connectivity index (χ1n) is 14.6. The molecule has 6 aromatic carbocycles. The lowest BCUT2D eigenvalue weighted by molar-refractivity contribution is 0.667. The van der Waals surface area contributed by atoms with Gasteiger partial charge in [-0.1, -0.05) is 60.7 Å². The maximum Gasteiger partial charge on any atom is 0.162 e. The number of hydrogen-bond acceptors (Lipinski definition) is 5. The molecule has 5 nitrogen and oxygen atoms in total. The maximum absolute atomic E-state index is 6.67. The summed E-state index contributed by atoms with van der Waals surface area (Å²) >= 11 is 0. The molecule has 0 atom stereocenters. The molecule has 10 rings (SSSR count). The Kier molecular flexibility index (Phi) is 4.66. The smallest absolute Gasteiger partial charge is 0.162 e. The molecule has 0 unspecified atom stereocenters. The van der Waals surface area contributed by atoms with Crippen LogP contribution < -0.4 is 4.90 Å². The van der Waals surface area contributed by atoms with Crippen molar-refractivity contribution in [2.24, 2.45) is 0 Å². The Bertz CT molecular complexity index is 2750. The van der Waals surface area contributed by atoms with Crippen molar-refractivity contribution in [3.05, 3.63) is 134 Å². The van der Waals surface area contributed by atoms with Gasteiger partial charge in [0.25, 0.3) is 0 Å². The van der Waals surface area contributed by atoms with Crippen molar-refractivity contribution in [2.75, 3.05) is 4.90 Å². The zero-order valence-corrected chi connectivity index (χ0v) is 23.3. The lowest BCUT2D eigenvalue weighted by Gasteiger charge is -2.25. The van der Waals surface area contributed by atoms with E-state index in [2.05, 4.69) is 83.8 Å². The highest BCUT2D eigenvalue weighted by Gasteiger charge is 2.22. The van der Waals surface area contributed by atoms with Gasteiger partial charge in [-0.2, -0.15) is 0 Å². The van der Waals surface area contributed by atoms with E-state index in [1.807, 2.05) is 54.9 Å². The Morgan fingerprint density at radius 2 is 1.00 bits per heavy atom. The summed E-state index contributed by atoms with van der Waals surface area (Å²) in [5.41, 5.74) is 7.72. The van der Waals surface area contributed by atoms with Gasteiger partial charge in [0, 0.05) is 50.3 Å². The van der Waals surface area contributed by atoms with Crippen LogP contribution in [0.15, 0.2) is 147 Å². The van der Waals surface area contributed by atoms with Gasteiger partial charge in [-0.25, -0.2) is 0 Å². The summed E-state index contributed by atoms with van der Waals surface area (Å²) in [5.74, 6) is 0. The number of aromatic nitrogens is 1. The van der Waals surface area contributed by atoms with E-state index in [9.17, 15) is 0 Å². The van der Waals surface area contributed by atoms with Crippen molar-refractivity contribution in [2.45, 2.75) is 0 Å². The average Bonchev–Trinajstić information content (AvgIpc) is 3.74. The van der Waals surface area contributed by atoms with Crippen molar-refractivity contribution in [3.63, 3.8) is 0 Å². The lowest BCUT2D eigenvalue weighted by atomic mass is 10.1. The summed E-state index contributed by atoms with van der Waals surface area (Å²) in [7, 11) is 0. The van der Waals surface area contributed by atoms with Crippen LogP contribution in [0.5, 0.6) is 0 Å². The van der Waals surface area contributed by atoms with E-state index in [0.29, 0.717) is 0 Å². The highest BCUT2D eigenvalue weighted by molar-refractivity contribution is 6.14. The summed E-state index contributed by atoms with van der Waals surface area (Å²) in [6, 6.07) is 41.6. The first kappa shape index (κ1) is 23.5. The van der Waals surface area contributed by atoms with Crippen molar-refractivity contribution in [3.8, 4) is 0 Å². The molecule has 0 spiro atoms. The number of nitrogens with zero attached hydrogens (tertiary/aromatic N) is 2. The Balaban J connectivity index is 1.27. The molecule has 4 heterocycles. The number of hydrogen-bond donors (Lipinski definition) is 0. The molecule has 0 saturated carbocycles. The van der Waals surface area contributed by atoms with Crippen LogP contribution in [0.1, 0.15) is 0 Å². The molecule has 10 aromatic rings. The fourth-order valence-electron chi connectivity index (χ4n) is 6.65. The average molecular weight is 567 g/mol. The molecule has 0 N–H and O–H groups in total. The highest BCUT2D eigenvalue weighted by atomic mass is 16.3. The standard InChI is InChI=1S/C39H22N2O3/c1-2-8-24-18-37-30(17-23(24)7-1)32-21-40-22-33(39(32)44-37)41(25-14-16-36-31(19-25)28-10-4-6-12-35(28)42-36)26-13-15-29-27-9-3-5-11-34(27)43-38(29)20-26/h1-22H. The molecular formula is C39H22N2O3. The minimum absolute atomic E-state index is 0.771. The van der Waals surface area contributed by atoms with Crippen molar-refractivity contribution in [1.82, 2.24) is 4.98 Å². The van der Waals surface area contributed by atoms with Crippen LogP contribution in [0.2, 0.25) is 0 Å². The summed E-state index contributed by atoms with van der Waals surface area (Å²) < 4.78 is 19.2. The molecular weight excluding hydrogens is 544 g/mol. The van der Waals surface area contributed by atoms with E-state index in [4.69, 9.17) is 18.2 Å². The van der Waals surface area contributed by atoms with Gasteiger partial charge in [0.05, 0.1) is 11.9 Å². The van der Waals surface area contributed by atoms with E-state index in [-0.39, 0.29) is 0 Å². The van der Waals surface area contributed by atoms with Crippen molar-refractivity contribution >= 4 is 93.7 Å². The number of para-hydroxylation sites is 2. The second-order valence-corrected chi connectivity index (χ2v) is 11.2.